The summed E-state index contributed by atoms with van der Waals surface area (Å²) in [5, 5.41) is 12.5. The lowest BCUT2D eigenvalue weighted by Crippen LogP contribution is -2.12. The second-order valence-corrected chi connectivity index (χ2v) is 7.00. The maximum Gasteiger partial charge on any atom is 0.289 e. The van der Waals surface area contributed by atoms with Crippen LogP contribution in [0.4, 0.5) is 17.2 Å². The molecule has 1 aromatic carbocycles. The van der Waals surface area contributed by atoms with E-state index in [1.807, 2.05) is 18.2 Å². The second-order valence-electron chi connectivity index (χ2n) is 5.98. The summed E-state index contributed by atoms with van der Waals surface area (Å²) in [5.74, 6) is 0.688. The quantitative estimate of drug-likeness (QED) is 0.564. The number of benzene rings is 1. The molecule has 6 N–H and O–H groups in total. The van der Waals surface area contributed by atoms with Crippen molar-refractivity contribution in [1.29, 1.82) is 5.26 Å². The molecule has 0 aliphatic rings. The van der Waals surface area contributed by atoms with Gasteiger partial charge in [-0.3, -0.25) is 10.5 Å². The van der Waals surface area contributed by atoms with E-state index in [-0.39, 0.29) is 17.3 Å². The van der Waals surface area contributed by atoms with Crippen molar-refractivity contribution in [2.45, 2.75) is 19.8 Å². The highest BCUT2D eigenvalue weighted by Crippen LogP contribution is 2.33. The lowest BCUT2D eigenvalue weighted by molar-refractivity contribution is -0.323. The number of pyridine rings is 1. The number of thiophene rings is 1. The Hall–Kier alpha value is -3.31. The molecule has 3 rings (SSSR count). The minimum absolute atomic E-state index is 0.247. The minimum Gasteiger partial charge on any atom is -0.494 e. The Morgan fingerprint density at radius 1 is 1.33 bits per heavy atom. The Balaban J connectivity index is 1.78. The number of anilines is 3. The van der Waals surface area contributed by atoms with Crippen molar-refractivity contribution in [2.75, 3.05) is 23.4 Å². The van der Waals surface area contributed by atoms with Crippen molar-refractivity contribution in [3.63, 3.8) is 0 Å². The number of aromatic amines is 1. The molecular weight excluding hydrogens is 362 g/mol. The summed E-state index contributed by atoms with van der Waals surface area (Å²) in [6.07, 6.45) is 2.07. The summed E-state index contributed by atoms with van der Waals surface area (Å²) in [6, 6.07) is 10.8. The van der Waals surface area contributed by atoms with Gasteiger partial charge < -0.3 is 15.8 Å². The molecule has 2 aromatic heterocycles. The van der Waals surface area contributed by atoms with E-state index in [0.29, 0.717) is 33.1 Å². The van der Waals surface area contributed by atoms with E-state index in [1.165, 1.54) is 11.3 Å². The van der Waals surface area contributed by atoms with Gasteiger partial charge in [0.1, 0.15) is 22.3 Å². The van der Waals surface area contributed by atoms with E-state index >= 15 is 0 Å². The Kier molecular flexibility index (Phi) is 5.43. The van der Waals surface area contributed by atoms with Crippen molar-refractivity contribution in [1.82, 2.24) is 0 Å². The third kappa shape index (κ3) is 3.93. The monoisotopic (exact) mass is 382 g/mol. The van der Waals surface area contributed by atoms with Gasteiger partial charge in [0.05, 0.1) is 17.7 Å². The van der Waals surface area contributed by atoms with Crippen LogP contribution in [-0.4, -0.2) is 12.5 Å². The van der Waals surface area contributed by atoms with Gasteiger partial charge in [0.25, 0.3) is 11.7 Å². The van der Waals surface area contributed by atoms with E-state index in [4.69, 9.17) is 21.5 Å². The number of carbonyl (C=O) groups is 1. The summed E-state index contributed by atoms with van der Waals surface area (Å²) in [4.78, 5) is 16.5. The molecular formula is C19H20N5O2S+. The number of H-pyrrole nitrogens is 1. The predicted octanol–water partition coefficient (Wildman–Crippen LogP) is 3.18. The Morgan fingerprint density at radius 3 is 2.74 bits per heavy atom. The number of nitrogens with one attached hydrogen (secondary N) is 2. The maximum absolute atomic E-state index is 12.6. The summed E-state index contributed by atoms with van der Waals surface area (Å²) < 4.78 is 5.61. The molecule has 0 spiro atoms. The largest absolute Gasteiger partial charge is 0.494 e. The highest BCUT2D eigenvalue weighted by Gasteiger charge is 2.21. The van der Waals surface area contributed by atoms with Crippen LogP contribution in [0.15, 0.2) is 30.3 Å². The SMILES string of the molecule is CCCCOc1ccc(NC(=O)c2sc3[nH+]c(N)c(C#N)cc3c2N)cc1. The van der Waals surface area contributed by atoms with Gasteiger partial charge in [-0.2, -0.15) is 5.26 Å². The molecule has 0 bridgehead atoms. The van der Waals surface area contributed by atoms with Crippen LogP contribution in [0.3, 0.4) is 0 Å². The van der Waals surface area contributed by atoms with Crippen molar-refractivity contribution in [2.24, 2.45) is 0 Å². The molecule has 138 valence electrons. The molecule has 0 aliphatic heterocycles. The molecule has 27 heavy (non-hydrogen) atoms. The lowest BCUT2D eigenvalue weighted by atomic mass is 10.2. The fourth-order valence-electron chi connectivity index (χ4n) is 2.52. The zero-order valence-corrected chi connectivity index (χ0v) is 15.7. The van der Waals surface area contributed by atoms with E-state index < -0.39 is 0 Å². The fraction of sp³-hybridized carbons (Fsp3) is 0.211. The molecule has 7 nitrogen and oxygen atoms in total. The van der Waals surface area contributed by atoms with Crippen LogP contribution in [-0.2, 0) is 0 Å². The molecule has 0 unspecified atom stereocenters. The van der Waals surface area contributed by atoms with Crippen LogP contribution >= 0.6 is 11.3 Å². The molecule has 0 saturated heterocycles. The number of aromatic nitrogens is 1. The number of ether oxygens (including phenoxy) is 1. The van der Waals surface area contributed by atoms with Gasteiger partial charge in [0.2, 0.25) is 0 Å². The van der Waals surface area contributed by atoms with Crippen molar-refractivity contribution in [3.8, 4) is 11.8 Å². The van der Waals surface area contributed by atoms with Gasteiger partial charge >= 0.3 is 0 Å². The minimum atomic E-state index is -0.321. The van der Waals surface area contributed by atoms with Gasteiger partial charge in [0.15, 0.2) is 4.83 Å². The number of nitrogen functional groups attached to an aromatic ring is 2. The second kappa shape index (κ2) is 7.93. The van der Waals surface area contributed by atoms with Crippen LogP contribution in [0.1, 0.15) is 35.0 Å². The van der Waals surface area contributed by atoms with Crippen LogP contribution in [0.2, 0.25) is 0 Å². The van der Waals surface area contributed by atoms with Gasteiger partial charge in [-0.25, -0.2) is 4.98 Å². The standard InChI is InChI=1S/C19H19N5O2S/c1-2-3-8-26-13-6-4-12(5-7-13)23-18(25)16-15(21)14-9-11(10-20)17(22)24-19(14)27-16/h4-7,9H,2-3,8,21H2,1H3,(H2,22,24)(H,23,25)/p+1. The lowest BCUT2D eigenvalue weighted by Gasteiger charge is -2.07. The third-order valence-corrected chi connectivity index (χ3v) is 5.15. The molecule has 8 heteroatoms. The van der Waals surface area contributed by atoms with E-state index in [9.17, 15) is 4.79 Å². The van der Waals surface area contributed by atoms with E-state index in [1.54, 1.807) is 18.2 Å². The molecule has 0 fully saturated rings. The van der Waals surface area contributed by atoms with Gasteiger partial charge in [-0.15, -0.1) is 0 Å². The first-order chi connectivity index (χ1) is 13.0. The molecule has 0 saturated carbocycles. The highest BCUT2D eigenvalue weighted by molar-refractivity contribution is 7.20. The molecule has 3 aromatic rings. The number of carbonyl (C=O) groups excluding carboxylic acids is 1. The zero-order valence-electron chi connectivity index (χ0n) is 14.8. The average Bonchev–Trinajstić information content (AvgIpc) is 2.98. The highest BCUT2D eigenvalue weighted by atomic mass is 32.1. The Labute approximate surface area is 160 Å². The number of amides is 1. The third-order valence-electron chi connectivity index (χ3n) is 4.02. The van der Waals surface area contributed by atoms with Gasteiger partial charge in [0, 0.05) is 5.69 Å². The van der Waals surface area contributed by atoms with Crippen LogP contribution in [0, 0.1) is 11.3 Å². The van der Waals surface area contributed by atoms with Crippen molar-refractivity contribution < 1.29 is 14.5 Å². The maximum atomic E-state index is 12.6. The number of nitriles is 1. The summed E-state index contributed by atoms with van der Waals surface area (Å²) in [7, 11) is 0. The topological polar surface area (TPSA) is 128 Å². The molecule has 2 heterocycles. The average molecular weight is 382 g/mol. The molecule has 0 aliphatic carbocycles. The zero-order chi connectivity index (χ0) is 19.4. The first kappa shape index (κ1) is 18.5. The van der Waals surface area contributed by atoms with E-state index in [2.05, 4.69) is 17.2 Å². The number of hydrogen-bond acceptors (Lipinski definition) is 6. The predicted molar refractivity (Wildman–Crippen MR) is 107 cm³/mol. The van der Waals surface area contributed by atoms with Crippen LogP contribution in [0.25, 0.3) is 10.2 Å². The molecule has 1 amide bonds. The fourth-order valence-corrected chi connectivity index (χ4v) is 3.53. The number of unbranched alkanes of at least 4 members (excludes halogenated alkanes) is 1. The Bertz CT molecular complexity index is 1020. The first-order valence-electron chi connectivity index (χ1n) is 8.51. The smallest absolute Gasteiger partial charge is 0.289 e. The number of fused-ring (bicyclic) bond motifs is 1. The molecule has 0 radical (unpaired) electrons. The first-order valence-corrected chi connectivity index (χ1v) is 9.33. The summed E-state index contributed by atoms with van der Waals surface area (Å²) >= 11 is 1.19. The summed E-state index contributed by atoms with van der Waals surface area (Å²) in [6.45, 7) is 2.78. The molecule has 0 atom stereocenters. The van der Waals surface area contributed by atoms with E-state index in [0.717, 1.165) is 18.6 Å². The van der Waals surface area contributed by atoms with Crippen LogP contribution < -0.4 is 26.5 Å². The van der Waals surface area contributed by atoms with Gasteiger partial charge in [-0.1, -0.05) is 24.7 Å². The number of rotatable bonds is 6. The normalized spacial score (nSPS) is 10.5. The Morgan fingerprint density at radius 2 is 2.07 bits per heavy atom. The summed E-state index contributed by atoms with van der Waals surface area (Å²) in [5.41, 5.74) is 13.2. The van der Waals surface area contributed by atoms with Gasteiger partial charge in [-0.05, 0) is 36.8 Å². The number of nitrogens with two attached hydrogens (primary N) is 2. The van der Waals surface area contributed by atoms with Crippen molar-refractivity contribution in [3.05, 3.63) is 40.8 Å². The van der Waals surface area contributed by atoms with Crippen molar-refractivity contribution >= 4 is 44.7 Å². The number of hydrogen-bond donors (Lipinski definition) is 3. The van der Waals surface area contributed by atoms with Crippen LogP contribution in [0.5, 0.6) is 5.75 Å². The number of nitrogens with zero attached hydrogens (tertiary/aromatic N) is 1.